The van der Waals surface area contributed by atoms with Gasteiger partial charge in [-0.05, 0) is 13.3 Å². The number of hydrogen-bond donors (Lipinski definition) is 2. The second-order valence-electron chi connectivity index (χ2n) is 2.42. The predicted molar refractivity (Wildman–Crippen MR) is 44.2 cm³/mol. The van der Waals surface area contributed by atoms with E-state index in [1.807, 2.05) is 0 Å². The third-order valence-electron chi connectivity index (χ3n) is 1.40. The van der Waals surface area contributed by atoms with Crippen molar-refractivity contribution in [1.82, 2.24) is 5.32 Å². The van der Waals surface area contributed by atoms with Gasteiger partial charge in [-0.15, -0.1) is 0 Å². The molecule has 0 spiro atoms. The van der Waals surface area contributed by atoms with Crippen LogP contribution < -0.4 is 11.2 Å². The van der Waals surface area contributed by atoms with Gasteiger partial charge in [0.1, 0.15) is 0 Å². The van der Waals surface area contributed by atoms with Crippen molar-refractivity contribution < 1.29 is 14.4 Å². The van der Waals surface area contributed by atoms with E-state index in [0.717, 1.165) is 6.42 Å². The smallest absolute Gasteiger partial charge is 0.250 e. The summed E-state index contributed by atoms with van der Waals surface area (Å²) < 4.78 is 4.80. The minimum atomic E-state index is -0.590. The van der Waals surface area contributed by atoms with Crippen LogP contribution in [0.1, 0.15) is 13.3 Å². The molecule has 0 saturated heterocycles. The molecule has 5 heteroatoms. The van der Waals surface area contributed by atoms with Gasteiger partial charge < -0.3 is 10.1 Å². The van der Waals surface area contributed by atoms with E-state index in [2.05, 4.69) is 10.2 Å². The number of amides is 1. The molecule has 0 heterocycles. The maximum absolute atomic E-state index is 11.0. The summed E-state index contributed by atoms with van der Waals surface area (Å²) in [6, 6.07) is 0. The lowest BCUT2D eigenvalue weighted by Gasteiger charge is -2.08. The van der Waals surface area contributed by atoms with Gasteiger partial charge in [0, 0.05) is 20.3 Å². The van der Waals surface area contributed by atoms with Crippen molar-refractivity contribution in [3.63, 3.8) is 0 Å². The van der Waals surface area contributed by atoms with Crippen LogP contribution in [0.4, 0.5) is 0 Å². The number of nitrogens with two attached hydrogens (primary N) is 1. The molecule has 12 heavy (non-hydrogen) atoms. The second-order valence-corrected chi connectivity index (χ2v) is 2.42. The third kappa shape index (κ3) is 5.06. The Bertz CT molecular complexity index is 130. The topological polar surface area (TPSA) is 73.6 Å². The van der Waals surface area contributed by atoms with Crippen LogP contribution in [-0.4, -0.2) is 32.3 Å². The molecule has 5 nitrogen and oxygen atoms in total. The molecule has 1 atom stereocenters. The Hall–Kier alpha value is -0.650. The monoisotopic (exact) mass is 176 g/mol. The van der Waals surface area contributed by atoms with Gasteiger partial charge in [-0.1, -0.05) is 0 Å². The first-order valence-electron chi connectivity index (χ1n) is 3.84. The first-order valence-corrected chi connectivity index (χ1v) is 3.84. The van der Waals surface area contributed by atoms with Gasteiger partial charge in [0.25, 0.3) is 5.91 Å². The molecular formula is C7H16N2O3. The Morgan fingerprint density at radius 3 is 2.83 bits per heavy atom. The van der Waals surface area contributed by atoms with E-state index >= 15 is 0 Å². The number of ether oxygens (including phenoxy) is 1. The Morgan fingerprint density at radius 1 is 1.67 bits per heavy atom. The van der Waals surface area contributed by atoms with E-state index in [4.69, 9.17) is 10.6 Å². The van der Waals surface area contributed by atoms with Crippen LogP contribution in [0.15, 0.2) is 0 Å². The Balaban J connectivity index is 3.31. The van der Waals surface area contributed by atoms with Gasteiger partial charge in [-0.2, -0.15) is 0 Å². The molecule has 0 bridgehead atoms. The highest BCUT2D eigenvalue weighted by Gasteiger charge is 2.10. The summed E-state index contributed by atoms with van der Waals surface area (Å²) in [6.07, 6.45) is 0.201. The summed E-state index contributed by atoms with van der Waals surface area (Å²) in [4.78, 5) is 15.3. The van der Waals surface area contributed by atoms with Crippen molar-refractivity contribution in [3.05, 3.63) is 0 Å². The lowest BCUT2D eigenvalue weighted by molar-refractivity contribution is -0.131. The van der Waals surface area contributed by atoms with Gasteiger partial charge in [0.15, 0.2) is 6.10 Å². The molecule has 0 saturated carbocycles. The summed E-state index contributed by atoms with van der Waals surface area (Å²) in [7, 11) is 1.62. The predicted octanol–water partition coefficient (Wildman–Crippen LogP) is -0.582. The number of carbonyl (C=O) groups excluding carboxylic acids is 1. The highest BCUT2D eigenvalue weighted by molar-refractivity contribution is 5.80. The largest absolute Gasteiger partial charge is 0.385 e. The van der Waals surface area contributed by atoms with E-state index in [9.17, 15) is 4.79 Å². The number of methoxy groups -OCH3 is 1. The van der Waals surface area contributed by atoms with Gasteiger partial charge >= 0.3 is 0 Å². The second kappa shape index (κ2) is 7.02. The van der Waals surface area contributed by atoms with E-state index in [0.29, 0.717) is 13.2 Å². The van der Waals surface area contributed by atoms with Gasteiger partial charge in [-0.25, -0.2) is 5.90 Å². The van der Waals surface area contributed by atoms with Crippen LogP contribution >= 0.6 is 0 Å². The van der Waals surface area contributed by atoms with Crippen molar-refractivity contribution in [2.45, 2.75) is 19.4 Å². The summed E-state index contributed by atoms with van der Waals surface area (Å²) in [5.41, 5.74) is 0. The van der Waals surface area contributed by atoms with Crippen molar-refractivity contribution in [1.29, 1.82) is 0 Å². The molecule has 0 aliphatic carbocycles. The molecule has 0 fully saturated rings. The zero-order valence-electron chi connectivity index (χ0n) is 7.50. The van der Waals surface area contributed by atoms with Gasteiger partial charge in [0.05, 0.1) is 0 Å². The first kappa shape index (κ1) is 11.4. The molecule has 0 rings (SSSR count). The number of hydrogen-bond acceptors (Lipinski definition) is 4. The minimum absolute atomic E-state index is 0.200. The molecular weight excluding hydrogens is 160 g/mol. The zero-order chi connectivity index (χ0) is 9.40. The molecule has 0 aromatic carbocycles. The fraction of sp³-hybridized carbons (Fsp3) is 0.857. The summed E-state index contributed by atoms with van der Waals surface area (Å²) in [5, 5.41) is 2.64. The number of rotatable bonds is 6. The highest BCUT2D eigenvalue weighted by Crippen LogP contribution is 1.85. The minimum Gasteiger partial charge on any atom is -0.385 e. The molecule has 0 aromatic rings. The van der Waals surface area contributed by atoms with Crippen LogP contribution in [0.25, 0.3) is 0 Å². The van der Waals surface area contributed by atoms with E-state index in [1.165, 1.54) is 0 Å². The fourth-order valence-electron chi connectivity index (χ4n) is 0.634. The molecule has 1 unspecified atom stereocenters. The van der Waals surface area contributed by atoms with Crippen molar-refractivity contribution >= 4 is 5.91 Å². The quantitative estimate of drug-likeness (QED) is 0.419. The molecule has 0 aliphatic heterocycles. The third-order valence-corrected chi connectivity index (χ3v) is 1.40. The molecule has 3 N–H and O–H groups in total. The average Bonchev–Trinajstić information content (AvgIpc) is 2.10. The van der Waals surface area contributed by atoms with Crippen molar-refractivity contribution in [2.24, 2.45) is 5.90 Å². The van der Waals surface area contributed by atoms with Crippen LogP contribution in [0.5, 0.6) is 0 Å². The molecule has 0 aromatic heterocycles. The van der Waals surface area contributed by atoms with Crippen LogP contribution in [-0.2, 0) is 14.4 Å². The van der Waals surface area contributed by atoms with Crippen molar-refractivity contribution in [3.8, 4) is 0 Å². The van der Waals surface area contributed by atoms with Crippen LogP contribution in [0.2, 0.25) is 0 Å². The van der Waals surface area contributed by atoms with Crippen LogP contribution in [0.3, 0.4) is 0 Å². The Labute approximate surface area is 72.2 Å². The maximum Gasteiger partial charge on any atom is 0.250 e. The van der Waals surface area contributed by atoms with Gasteiger partial charge in [0.2, 0.25) is 0 Å². The zero-order valence-corrected chi connectivity index (χ0v) is 7.50. The number of carbonyl (C=O) groups is 1. The highest BCUT2D eigenvalue weighted by atomic mass is 16.6. The molecule has 0 radical (unpaired) electrons. The Morgan fingerprint density at radius 2 is 2.33 bits per heavy atom. The van der Waals surface area contributed by atoms with Gasteiger partial charge in [-0.3, -0.25) is 9.63 Å². The van der Waals surface area contributed by atoms with E-state index in [-0.39, 0.29) is 5.91 Å². The first-order chi connectivity index (χ1) is 5.72. The van der Waals surface area contributed by atoms with Crippen molar-refractivity contribution in [2.75, 3.05) is 20.3 Å². The van der Waals surface area contributed by atoms with E-state index in [1.54, 1.807) is 14.0 Å². The fourth-order valence-corrected chi connectivity index (χ4v) is 0.634. The number of nitrogens with one attached hydrogen (secondary N) is 1. The SMILES string of the molecule is COCCCNC(=O)C(C)ON. The van der Waals surface area contributed by atoms with Crippen LogP contribution in [0, 0.1) is 0 Å². The normalized spacial score (nSPS) is 12.6. The Kier molecular flexibility index (Phi) is 6.64. The summed E-state index contributed by atoms with van der Waals surface area (Å²) in [6.45, 7) is 2.81. The van der Waals surface area contributed by atoms with E-state index < -0.39 is 6.10 Å². The standard InChI is InChI=1S/C7H16N2O3/c1-6(12-8)7(10)9-4-3-5-11-2/h6H,3-5,8H2,1-2H3,(H,9,10). The lowest BCUT2D eigenvalue weighted by Crippen LogP contribution is -2.36. The molecule has 72 valence electrons. The molecule has 0 aliphatic rings. The molecule has 1 amide bonds. The lowest BCUT2D eigenvalue weighted by atomic mass is 10.3. The maximum atomic E-state index is 11.0. The summed E-state index contributed by atoms with van der Waals surface area (Å²) >= 11 is 0. The average molecular weight is 176 g/mol. The summed E-state index contributed by atoms with van der Waals surface area (Å²) in [5.74, 6) is 4.62.